The fraction of sp³-hybridized carbons (Fsp3) is 0.182. The molecule has 242 valence electrons. The minimum atomic E-state index is -0.469. The van der Waals surface area contributed by atoms with Crippen molar-refractivity contribution in [2.24, 2.45) is 28.2 Å². The molecule has 2 aromatic rings. The molecule has 0 spiro atoms. The summed E-state index contributed by atoms with van der Waals surface area (Å²) >= 11 is 0. The van der Waals surface area contributed by atoms with Crippen LogP contribution in [-0.4, -0.2) is 59.1 Å². The summed E-state index contributed by atoms with van der Waals surface area (Å²) in [5.41, 5.74) is 1.72. The molecule has 0 unspecified atom stereocenters. The van der Waals surface area contributed by atoms with E-state index in [0.29, 0.717) is 0 Å². The molecule has 0 aliphatic carbocycles. The first kappa shape index (κ1) is 47.1. The molecule has 0 amide bonds. The Morgan fingerprint density at radius 1 is 0.511 bits per heavy atom. The minimum Gasteiger partial charge on any atom is -0.858 e. The molecule has 0 radical (unpaired) electrons. The van der Waals surface area contributed by atoms with Crippen LogP contribution in [0.25, 0.3) is 34.2 Å². The topological polar surface area (TPSA) is 401 Å². The molecule has 45 heavy (non-hydrogen) atoms. The van der Waals surface area contributed by atoms with Gasteiger partial charge < -0.3 is 52.2 Å². The molecule has 0 bridgehead atoms. The summed E-state index contributed by atoms with van der Waals surface area (Å²) in [5.74, 6) is -0.507. The summed E-state index contributed by atoms with van der Waals surface area (Å²) in [6.45, 7) is 0. The number of hydrogen-bond acceptors (Lipinski definition) is 12. The summed E-state index contributed by atoms with van der Waals surface area (Å²) in [4.78, 5) is 30.6. The molecule has 0 fully saturated rings. The van der Waals surface area contributed by atoms with E-state index in [1.54, 1.807) is 24.8 Å². The van der Waals surface area contributed by atoms with Crippen LogP contribution in [0.1, 0.15) is 0 Å². The molecule has 0 atom stereocenters. The van der Waals surface area contributed by atoms with Gasteiger partial charge in [0.1, 0.15) is 11.4 Å². The Labute approximate surface area is 273 Å². The third kappa shape index (κ3) is 9.56. The monoisotopic (exact) mass is 744 g/mol. The van der Waals surface area contributed by atoms with E-state index in [0.717, 1.165) is 9.13 Å². The Morgan fingerprint density at radius 2 is 0.800 bits per heavy atom. The van der Waals surface area contributed by atoms with E-state index < -0.39 is 23.1 Å². The van der Waals surface area contributed by atoms with E-state index in [4.69, 9.17) is 0 Å². The van der Waals surface area contributed by atoms with Gasteiger partial charge in [-0.2, -0.15) is 0 Å². The molecule has 22 nitrogen and oxygen atoms in total. The van der Waals surface area contributed by atoms with Crippen LogP contribution in [0, 0.1) is 0 Å². The molecule has 4 aliphatic heterocycles. The van der Waals surface area contributed by atoms with Crippen LogP contribution < -0.4 is 21.6 Å². The van der Waals surface area contributed by atoms with Crippen molar-refractivity contribution < 1.29 is 70.4 Å². The Bertz CT molecular complexity index is 1620. The average Bonchev–Trinajstić information content (AvgIpc) is 3.65. The normalized spacial score (nSPS) is 8.89. The summed E-state index contributed by atoms with van der Waals surface area (Å²) in [5, 5.41) is 43.6. The second-order valence-corrected chi connectivity index (χ2v) is 7.81. The van der Waals surface area contributed by atoms with Crippen molar-refractivity contribution in [3.8, 4) is 45.9 Å². The number of aromatic nitrogens is 12. The molecular weight excluding hydrogens is 705 g/mol. The van der Waals surface area contributed by atoms with Gasteiger partial charge in [0.25, 0.3) is 0 Å². The summed E-state index contributed by atoms with van der Waals surface area (Å²) in [7, 11) is 5.80. The number of nitrogens with zero attached hydrogens (tertiary/aromatic N) is 12. The van der Waals surface area contributed by atoms with Crippen molar-refractivity contribution in [3.63, 3.8) is 0 Å². The number of rotatable bonds is 1. The second-order valence-electron chi connectivity index (χ2n) is 7.81. The number of pyridine rings is 2. The first-order valence-corrected chi connectivity index (χ1v) is 10.9. The predicted octanol–water partition coefficient (Wildman–Crippen LogP) is -7.22. The zero-order valence-electron chi connectivity index (χ0n) is 24.8. The van der Waals surface area contributed by atoms with E-state index in [1.165, 1.54) is 48.5 Å². The molecule has 2 aromatic heterocycles. The van der Waals surface area contributed by atoms with E-state index in [-0.39, 0.29) is 83.2 Å². The molecule has 6 rings (SSSR count). The maximum atomic E-state index is 11.4. The predicted molar refractivity (Wildman–Crippen MR) is 157 cm³/mol. The van der Waals surface area contributed by atoms with E-state index in [2.05, 4.69) is 40.8 Å². The van der Waals surface area contributed by atoms with Gasteiger partial charge in [0.15, 0.2) is 11.6 Å². The van der Waals surface area contributed by atoms with Crippen molar-refractivity contribution in [2.75, 3.05) is 0 Å². The number of fused-ring (bicyclic) bond motifs is 2. The summed E-state index contributed by atoms with van der Waals surface area (Å²) in [6.07, 6.45) is 7.15. The smallest absolute Gasteiger partial charge is 0.858 e. The van der Waals surface area contributed by atoms with Crippen LogP contribution in [-0.2, 0) is 88.3 Å². The van der Waals surface area contributed by atoms with Crippen molar-refractivity contribution >= 4 is 0 Å². The van der Waals surface area contributed by atoms with Crippen molar-refractivity contribution in [1.29, 1.82) is 0 Å². The Kier molecular flexibility index (Phi) is 21.1. The fourth-order valence-corrected chi connectivity index (χ4v) is 3.34. The molecule has 0 aromatic carbocycles. The third-order valence-electron chi connectivity index (χ3n) is 5.48. The van der Waals surface area contributed by atoms with Crippen molar-refractivity contribution in [2.45, 2.75) is 0 Å². The van der Waals surface area contributed by atoms with Gasteiger partial charge in [-0.3, -0.25) is 19.1 Å². The third-order valence-corrected chi connectivity index (χ3v) is 5.48. The van der Waals surface area contributed by atoms with Crippen molar-refractivity contribution in [3.05, 3.63) is 70.0 Å². The maximum absolute atomic E-state index is 11.4. The fourth-order valence-electron chi connectivity index (χ4n) is 3.34. The van der Waals surface area contributed by atoms with Gasteiger partial charge in [-0.25, -0.2) is 9.59 Å². The molecule has 0 saturated carbocycles. The van der Waals surface area contributed by atoms with Crippen LogP contribution in [0.3, 0.4) is 0 Å². The van der Waals surface area contributed by atoms with Gasteiger partial charge in [-0.05, 0) is 57.6 Å². The first-order valence-electron chi connectivity index (χ1n) is 10.9. The number of hydrogen-bond donors (Lipinski definition) is 0. The van der Waals surface area contributed by atoms with Gasteiger partial charge >= 0.3 is 38.7 Å². The van der Waals surface area contributed by atoms with Gasteiger partial charge in [0, 0.05) is 53.0 Å². The molecule has 0 saturated heterocycles. The van der Waals surface area contributed by atoms with Gasteiger partial charge in [-0.1, -0.05) is 0 Å². The summed E-state index contributed by atoms with van der Waals surface area (Å²) in [6, 6.07) is 7.93. The Hall–Kier alpha value is -4.86. The van der Waals surface area contributed by atoms with Gasteiger partial charge in [0.05, 0.1) is 0 Å². The molecule has 6 heterocycles. The zero-order valence-corrected chi connectivity index (χ0v) is 28.8. The van der Waals surface area contributed by atoms with E-state index in [1.807, 2.05) is 24.3 Å². The average molecular weight is 743 g/mol. The second kappa shape index (κ2) is 20.2. The van der Waals surface area contributed by atoms with Crippen LogP contribution in [0.5, 0.6) is 11.8 Å². The van der Waals surface area contributed by atoms with E-state index >= 15 is 0 Å². The Balaban J connectivity index is -0.000000260. The molecule has 18 N–H and O–H groups in total. The SMILES string of the molecule is Cn1c2nnnc-2c([O-])n(C)c1=O.Cn1c2nnnc-2c([O-])n(C)c1=O.[Cd+2].[OH3+].[OH3+].[OH3+].[OH3+].[OH3+].[OH3+].c1cc(-c2ccncc2)ccn1. The maximum Gasteiger partial charge on any atom is 2.00 e. The molecular formula is C22H38CdN12O10+6. The zero-order chi connectivity index (χ0) is 27.4. The van der Waals surface area contributed by atoms with Crippen LogP contribution in [0.4, 0.5) is 0 Å². The van der Waals surface area contributed by atoms with Crippen LogP contribution in [0.15, 0.2) is 58.6 Å². The Morgan fingerprint density at radius 3 is 1.09 bits per heavy atom. The van der Waals surface area contributed by atoms with Gasteiger partial charge in [0.2, 0.25) is 0 Å². The minimum absolute atomic E-state index is 0. The summed E-state index contributed by atoms with van der Waals surface area (Å²) < 4.78 is 4.41. The van der Waals surface area contributed by atoms with Crippen LogP contribution >= 0.6 is 0 Å². The molecule has 4 aliphatic rings. The standard InChI is InChI=1S/C10H8N2.2C6H7N5O2.Cd.6H2O/c1-5-11-6-2-9(1)10-3-7-12-8-4-10;2*1-10-4-3(7-9-8-4)5(12)11(2)6(10)13;;;;;;;/h1-8H;2*12H,1-2H3;;6*1H2/q;;;+2;;;;;;/p+4. The first-order chi connectivity index (χ1) is 18.2. The largest absolute Gasteiger partial charge is 2.00 e. The van der Waals surface area contributed by atoms with E-state index in [9.17, 15) is 19.8 Å². The van der Waals surface area contributed by atoms with Crippen molar-refractivity contribution in [1.82, 2.24) is 59.1 Å². The van der Waals surface area contributed by atoms with Crippen LogP contribution in [0.2, 0.25) is 0 Å². The molecule has 23 heteroatoms. The quantitative estimate of drug-likeness (QED) is 0.112. The van der Waals surface area contributed by atoms with Gasteiger partial charge in [-0.15, -0.1) is 20.4 Å².